The zero-order chi connectivity index (χ0) is 15.7. The van der Waals surface area contributed by atoms with E-state index in [9.17, 15) is 0 Å². The molecular formula is C15H30N4O2S. The van der Waals surface area contributed by atoms with Gasteiger partial charge in [0.2, 0.25) is 0 Å². The Hall–Kier alpha value is -0.500. The van der Waals surface area contributed by atoms with E-state index in [1.165, 1.54) is 0 Å². The van der Waals surface area contributed by atoms with E-state index in [2.05, 4.69) is 26.8 Å². The predicted molar refractivity (Wildman–Crippen MR) is 92.9 cm³/mol. The molecule has 0 unspecified atom stereocenters. The zero-order valence-electron chi connectivity index (χ0n) is 13.9. The number of thioether (sulfide) groups is 1. The van der Waals surface area contributed by atoms with Gasteiger partial charge in [0.15, 0.2) is 5.96 Å². The van der Waals surface area contributed by atoms with Gasteiger partial charge in [-0.25, -0.2) is 0 Å². The maximum atomic E-state index is 5.49. The third kappa shape index (κ3) is 5.61. The van der Waals surface area contributed by atoms with Crippen LogP contribution in [0.25, 0.3) is 0 Å². The number of guanidine groups is 1. The fourth-order valence-electron chi connectivity index (χ4n) is 2.82. The van der Waals surface area contributed by atoms with Crippen LogP contribution >= 0.6 is 11.8 Å². The number of ether oxygens (including phenoxy) is 2. The van der Waals surface area contributed by atoms with Crippen LogP contribution in [0, 0.1) is 0 Å². The topological polar surface area (TPSA) is 58.1 Å². The van der Waals surface area contributed by atoms with Crippen LogP contribution in [0.5, 0.6) is 0 Å². The lowest BCUT2D eigenvalue weighted by molar-refractivity contribution is 0.0389. The maximum Gasteiger partial charge on any atom is 0.191 e. The van der Waals surface area contributed by atoms with Crippen LogP contribution in [-0.4, -0.2) is 88.1 Å². The first kappa shape index (κ1) is 17.8. The molecule has 2 rings (SSSR count). The Kier molecular flexibility index (Phi) is 7.79. The Labute approximate surface area is 138 Å². The summed E-state index contributed by atoms with van der Waals surface area (Å²) >= 11 is 1.94. The van der Waals surface area contributed by atoms with E-state index >= 15 is 0 Å². The van der Waals surface area contributed by atoms with Gasteiger partial charge in [-0.2, -0.15) is 11.8 Å². The van der Waals surface area contributed by atoms with Crippen LogP contribution in [0.4, 0.5) is 0 Å². The van der Waals surface area contributed by atoms with Gasteiger partial charge in [0.05, 0.1) is 13.2 Å². The Morgan fingerprint density at radius 2 is 1.82 bits per heavy atom. The SMILES string of the molecule is CN=C(NCCN1CCOCC1)NCC1(SC)CCOCC1. The van der Waals surface area contributed by atoms with Crippen LogP contribution < -0.4 is 10.6 Å². The maximum absolute atomic E-state index is 5.49. The quantitative estimate of drug-likeness (QED) is 0.543. The Bertz CT molecular complexity index is 342. The molecule has 0 aromatic heterocycles. The second-order valence-electron chi connectivity index (χ2n) is 5.81. The Morgan fingerprint density at radius 3 is 2.45 bits per heavy atom. The molecule has 0 aromatic rings. The summed E-state index contributed by atoms with van der Waals surface area (Å²) in [6.45, 7) is 8.38. The summed E-state index contributed by atoms with van der Waals surface area (Å²) in [6.07, 6.45) is 4.40. The monoisotopic (exact) mass is 330 g/mol. The smallest absolute Gasteiger partial charge is 0.191 e. The molecular weight excluding hydrogens is 300 g/mol. The molecule has 2 fully saturated rings. The summed E-state index contributed by atoms with van der Waals surface area (Å²) in [6, 6.07) is 0. The van der Waals surface area contributed by atoms with Crippen molar-refractivity contribution in [3.63, 3.8) is 0 Å². The molecule has 0 spiro atoms. The van der Waals surface area contributed by atoms with Gasteiger partial charge < -0.3 is 20.1 Å². The van der Waals surface area contributed by atoms with Crippen LogP contribution in [0.3, 0.4) is 0 Å². The molecule has 0 atom stereocenters. The van der Waals surface area contributed by atoms with E-state index in [0.29, 0.717) is 0 Å². The average Bonchev–Trinajstić information content (AvgIpc) is 2.59. The van der Waals surface area contributed by atoms with Crippen molar-refractivity contribution in [2.45, 2.75) is 17.6 Å². The van der Waals surface area contributed by atoms with Crippen molar-refractivity contribution in [1.82, 2.24) is 15.5 Å². The van der Waals surface area contributed by atoms with E-state index in [0.717, 1.165) is 78.0 Å². The van der Waals surface area contributed by atoms with Gasteiger partial charge >= 0.3 is 0 Å². The Balaban J connectivity index is 1.67. The first-order valence-electron chi connectivity index (χ1n) is 8.15. The summed E-state index contributed by atoms with van der Waals surface area (Å²) in [5, 5.41) is 6.90. The van der Waals surface area contributed by atoms with Gasteiger partial charge in [0.25, 0.3) is 0 Å². The van der Waals surface area contributed by atoms with Crippen molar-refractivity contribution in [3.05, 3.63) is 0 Å². The summed E-state index contributed by atoms with van der Waals surface area (Å²) in [7, 11) is 1.83. The number of hydrogen-bond acceptors (Lipinski definition) is 5. The minimum absolute atomic E-state index is 0.278. The standard InChI is InChI=1S/C15H30N4O2S/c1-16-14(17-5-6-19-7-11-21-12-8-19)18-13-15(22-2)3-9-20-10-4-15/h3-13H2,1-2H3,(H2,16,17,18). The first-order valence-corrected chi connectivity index (χ1v) is 9.38. The van der Waals surface area contributed by atoms with Gasteiger partial charge in [0, 0.05) is 57.7 Å². The summed E-state index contributed by atoms with van der Waals surface area (Å²) < 4.78 is 11.1. The largest absolute Gasteiger partial charge is 0.381 e. The normalized spacial score (nSPS) is 23.3. The highest BCUT2D eigenvalue weighted by molar-refractivity contribution is 8.00. The van der Waals surface area contributed by atoms with Crippen LogP contribution in [0.1, 0.15) is 12.8 Å². The number of hydrogen-bond donors (Lipinski definition) is 2. The summed E-state index contributed by atoms with van der Waals surface area (Å²) in [4.78, 5) is 6.75. The molecule has 128 valence electrons. The number of aliphatic imine (C=N–C) groups is 1. The van der Waals surface area contributed by atoms with E-state index < -0.39 is 0 Å². The van der Waals surface area contributed by atoms with E-state index in [4.69, 9.17) is 9.47 Å². The molecule has 7 heteroatoms. The molecule has 22 heavy (non-hydrogen) atoms. The van der Waals surface area contributed by atoms with E-state index in [1.54, 1.807) is 0 Å². The van der Waals surface area contributed by atoms with Crippen molar-refractivity contribution >= 4 is 17.7 Å². The highest BCUT2D eigenvalue weighted by atomic mass is 32.2. The second-order valence-corrected chi connectivity index (χ2v) is 7.08. The summed E-state index contributed by atoms with van der Waals surface area (Å²) in [5.41, 5.74) is 0. The molecule has 0 saturated carbocycles. The molecule has 0 radical (unpaired) electrons. The molecule has 2 N–H and O–H groups in total. The van der Waals surface area contributed by atoms with Crippen LogP contribution in [0.2, 0.25) is 0 Å². The summed E-state index contributed by atoms with van der Waals surface area (Å²) in [5.74, 6) is 0.896. The van der Waals surface area contributed by atoms with Gasteiger partial charge in [-0.15, -0.1) is 0 Å². The molecule has 0 amide bonds. The molecule has 2 heterocycles. The average molecular weight is 330 g/mol. The molecule has 6 nitrogen and oxygen atoms in total. The van der Waals surface area contributed by atoms with Crippen molar-refractivity contribution < 1.29 is 9.47 Å². The molecule has 0 aromatic carbocycles. The van der Waals surface area contributed by atoms with Gasteiger partial charge in [-0.05, 0) is 19.1 Å². The third-order valence-corrected chi connectivity index (χ3v) is 5.88. The first-order chi connectivity index (χ1) is 10.8. The lowest BCUT2D eigenvalue weighted by atomic mass is 9.99. The lowest BCUT2D eigenvalue weighted by Crippen LogP contribution is -2.49. The third-order valence-electron chi connectivity index (χ3n) is 4.46. The van der Waals surface area contributed by atoms with Crippen molar-refractivity contribution in [2.75, 3.05) is 72.5 Å². The van der Waals surface area contributed by atoms with Gasteiger partial charge in [0.1, 0.15) is 0 Å². The minimum atomic E-state index is 0.278. The van der Waals surface area contributed by atoms with Crippen molar-refractivity contribution in [1.29, 1.82) is 0 Å². The van der Waals surface area contributed by atoms with Gasteiger partial charge in [-0.1, -0.05) is 0 Å². The molecule has 2 saturated heterocycles. The number of morpholine rings is 1. The van der Waals surface area contributed by atoms with Crippen LogP contribution in [-0.2, 0) is 9.47 Å². The lowest BCUT2D eigenvalue weighted by Gasteiger charge is -2.36. The van der Waals surface area contributed by atoms with E-state index in [-0.39, 0.29) is 4.75 Å². The molecule has 0 aliphatic carbocycles. The minimum Gasteiger partial charge on any atom is -0.381 e. The fraction of sp³-hybridized carbons (Fsp3) is 0.933. The van der Waals surface area contributed by atoms with Crippen molar-refractivity contribution in [2.24, 2.45) is 4.99 Å². The number of nitrogens with one attached hydrogen (secondary N) is 2. The fourth-order valence-corrected chi connectivity index (χ4v) is 3.61. The highest BCUT2D eigenvalue weighted by Gasteiger charge is 2.31. The van der Waals surface area contributed by atoms with Crippen LogP contribution in [0.15, 0.2) is 4.99 Å². The van der Waals surface area contributed by atoms with E-state index in [1.807, 2.05) is 18.8 Å². The molecule has 2 aliphatic heterocycles. The number of rotatable bonds is 6. The molecule has 0 bridgehead atoms. The molecule has 2 aliphatic rings. The predicted octanol–water partition coefficient (Wildman–Crippen LogP) is 0.396. The highest BCUT2D eigenvalue weighted by Crippen LogP contribution is 2.32. The number of nitrogens with zero attached hydrogens (tertiary/aromatic N) is 2. The zero-order valence-corrected chi connectivity index (χ0v) is 14.7. The van der Waals surface area contributed by atoms with Gasteiger partial charge in [-0.3, -0.25) is 9.89 Å². The Morgan fingerprint density at radius 1 is 1.14 bits per heavy atom. The second kappa shape index (κ2) is 9.60. The van der Waals surface area contributed by atoms with Crippen molar-refractivity contribution in [3.8, 4) is 0 Å².